The predicted molar refractivity (Wildman–Crippen MR) is 73.4 cm³/mol. The fraction of sp³-hybridized carbons (Fsp3) is 0. The van der Waals surface area contributed by atoms with E-state index in [0.29, 0.717) is 0 Å². The number of aromatic carboxylic acids is 1. The summed E-state index contributed by atoms with van der Waals surface area (Å²) in [7, 11) is 0. The highest BCUT2D eigenvalue weighted by atomic mass is 35.5. The normalized spacial score (nSPS) is 10.1. The minimum atomic E-state index is -1.21. The summed E-state index contributed by atoms with van der Waals surface area (Å²) >= 11 is 5.71. The molecular formula is C13H9ClN2O4. The van der Waals surface area contributed by atoms with Crippen LogP contribution in [0, 0.1) is 0 Å². The second-order valence-corrected chi connectivity index (χ2v) is 4.33. The minimum Gasteiger partial charge on any atom is -0.478 e. The van der Waals surface area contributed by atoms with Crippen molar-refractivity contribution in [3.05, 3.63) is 63.0 Å². The van der Waals surface area contributed by atoms with Crippen LogP contribution in [-0.2, 0) is 0 Å². The molecule has 2 rings (SSSR count). The molecule has 0 unspecified atom stereocenters. The van der Waals surface area contributed by atoms with Crippen molar-refractivity contribution < 1.29 is 14.7 Å². The number of nitrogens with one attached hydrogen (secondary N) is 2. The first-order chi connectivity index (χ1) is 9.47. The van der Waals surface area contributed by atoms with Gasteiger partial charge in [-0.1, -0.05) is 11.6 Å². The van der Waals surface area contributed by atoms with Gasteiger partial charge in [0.25, 0.3) is 5.91 Å². The molecular weight excluding hydrogens is 284 g/mol. The van der Waals surface area contributed by atoms with Crippen molar-refractivity contribution in [2.75, 3.05) is 5.32 Å². The summed E-state index contributed by atoms with van der Waals surface area (Å²) < 4.78 is 0. The third-order valence-electron chi connectivity index (χ3n) is 2.50. The van der Waals surface area contributed by atoms with Crippen molar-refractivity contribution in [3.63, 3.8) is 0 Å². The zero-order valence-corrected chi connectivity index (χ0v) is 10.8. The highest BCUT2D eigenvalue weighted by Gasteiger charge is 2.14. The van der Waals surface area contributed by atoms with Gasteiger partial charge in [-0.3, -0.25) is 9.59 Å². The van der Waals surface area contributed by atoms with Gasteiger partial charge in [-0.25, -0.2) is 4.79 Å². The number of rotatable bonds is 3. The fourth-order valence-corrected chi connectivity index (χ4v) is 1.75. The lowest BCUT2D eigenvalue weighted by molar-refractivity contribution is 0.0698. The Hall–Kier alpha value is -2.60. The number of carboxylic acid groups (broad SMARTS) is 1. The number of carboxylic acids is 1. The van der Waals surface area contributed by atoms with Crippen LogP contribution in [0.25, 0.3) is 0 Å². The topological polar surface area (TPSA) is 99.3 Å². The number of benzene rings is 1. The van der Waals surface area contributed by atoms with Gasteiger partial charge in [-0.05, 0) is 24.3 Å². The second-order valence-electron chi connectivity index (χ2n) is 3.89. The molecule has 0 saturated carbocycles. The number of anilines is 1. The number of aromatic amines is 1. The van der Waals surface area contributed by atoms with Crippen molar-refractivity contribution in [1.82, 2.24) is 4.98 Å². The molecule has 20 heavy (non-hydrogen) atoms. The van der Waals surface area contributed by atoms with E-state index in [0.717, 1.165) is 6.07 Å². The molecule has 0 radical (unpaired) electrons. The Morgan fingerprint density at radius 1 is 1.20 bits per heavy atom. The first kappa shape index (κ1) is 13.8. The second kappa shape index (κ2) is 5.58. The Morgan fingerprint density at radius 3 is 2.60 bits per heavy atom. The lowest BCUT2D eigenvalue weighted by Gasteiger charge is -2.08. The van der Waals surface area contributed by atoms with E-state index in [2.05, 4.69) is 10.3 Å². The summed E-state index contributed by atoms with van der Waals surface area (Å²) in [4.78, 5) is 36.5. The number of halogens is 1. The number of aromatic nitrogens is 1. The number of pyridine rings is 1. The van der Waals surface area contributed by atoms with Crippen LogP contribution in [0.3, 0.4) is 0 Å². The van der Waals surface area contributed by atoms with Crippen LogP contribution in [-0.4, -0.2) is 22.0 Å². The molecule has 0 saturated heterocycles. The van der Waals surface area contributed by atoms with Crippen molar-refractivity contribution in [3.8, 4) is 0 Å². The summed E-state index contributed by atoms with van der Waals surface area (Å²) in [5.74, 6) is -1.80. The molecule has 0 bridgehead atoms. The van der Waals surface area contributed by atoms with Gasteiger partial charge in [0.05, 0.1) is 11.3 Å². The maximum absolute atomic E-state index is 11.9. The van der Waals surface area contributed by atoms with Crippen LogP contribution in [0.5, 0.6) is 0 Å². The summed E-state index contributed by atoms with van der Waals surface area (Å²) in [6, 6.07) is 6.61. The first-order valence-electron chi connectivity index (χ1n) is 5.50. The van der Waals surface area contributed by atoms with E-state index in [1.165, 1.54) is 30.5 Å². The van der Waals surface area contributed by atoms with Crippen molar-refractivity contribution >= 4 is 29.2 Å². The lowest BCUT2D eigenvalue weighted by atomic mass is 10.1. The van der Waals surface area contributed by atoms with E-state index in [1.54, 1.807) is 0 Å². The van der Waals surface area contributed by atoms with Gasteiger partial charge < -0.3 is 15.4 Å². The molecule has 102 valence electrons. The standard InChI is InChI=1S/C13H9ClN2O4/c14-8-1-2-10(9(6-8)13(19)20)16-12(18)7-3-4-15-11(17)5-7/h1-6H,(H,15,17)(H,16,18)(H,19,20). The van der Waals surface area contributed by atoms with Crippen LogP contribution in [0.2, 0.25) is 5.02 Å². The maximum Gasteiger partial charge on any atom is 0.337 e. The SMILES string of the molecule is O=C(Nc1ccc(Cl)cc1C(=O)O)c1cc[nH]c(=O)c1. The van der Waals surface area contributed by atoms with Crippen LogP contribution >= 0.6 is 11.6 Å². The highest BCUT2D eigenvalue weighted by Crippen LogP contribution is 2.21. The number of hydrogen-bond acceptors (Lipinski definition) is 3. The molecule has 1 aromatic carbocycles. The van der Waals surface area contributed by atoms with Gasteiger partial charge in [0.1, 0.15) is 0 Å². The predicted octanol–water partition coefficient (Wildman–Crippen LogP) is 1.98. The third kappa shape index (κ3) is 3.04. The zero-order chi connectivity index (χ0) is 14.7. The van der Waals surface area contributed by atoms with E-state index in [9.17, 15) is 14.4 Å². The smallest absolute Gasteiger partial charge is 0.337 e. The average Bonchev–Trinajstić information content (AvgIpc) is 2.40. The average molecular weight is 293 g/mol. The Kier molecular flexibility index (Phi) is 3.86. The molecule has 0 fully saturated rings. The molecule has 1 aromatic heterocycles. The van der Waals surface area contributed by atoms with E-state index in [4.69, 9.17) is 16.7 Å². The quantitative estimate of drug-likeness (QED) is 0.805. The van der Waals surface area contributed by atoms with Crippen molar-refractivity contribution in [1.29, 1.82) is 0 Å². The molecule has 3 N–H and O–H groups in total. The number of hydrogen-bond donors (Lipinski definition) is 3. The molecule has 0 spiro atoms. The number of H-pyrrole nitrogens is 1. The van der Waals surface area contributed by atoms with Crippen molar-refractivity contribution in [2.45, 2.75) is 0 Å². The zero-order valence-electron chi connectivity index (χ0n) is 10.0. The molecule has 0 atom stereocenters. The van der Waals surface area contributed by atoms with Crippen LogP contribution < -0.4 is 10.9 Å². The number of carbonyl (C=O) groups is 2. The van der Waals surface area contributed by atoms with Gasteiger partial charge in [0.2, 0.25) is 5.56 Å². The molecule has 2 aromatic rings. The Labute approximate surface area is 118 Å². The van der Waals surface area contributed by atoms with Crippen LogP contribution in [0.4, 0.5) is 5.69 Å². The van der Waals surface area contributed by atoms with E-state index >= 15 is 0 Å². The number of carbonyl (C=O) groups excluding carboxylic acids is 1. The van der Waals surface area contributed by atoms with Gasteiger partial charge in [-0.2, -0.15) is 0 Å². The minimum absolute atomic E-state index is 0.104. The Morgan fingerprint density at radius 2 is 1.95 bits per heavy atom. The van der Waals surface area contributed by atoms with E-state index in [-0.39, 0.29) is 21.8 Å². The van der Waals surface area contributed by atoms with Crippen molar-refractivity contribution in [2.24, 2.45) is 0 Å². The summed E-state index contributed by atoms with van der Waals surface area (Å²) in [6.07, 6.45) is 1.33. The van der Waals surface area contributed by atoms with Gasteiger partial charge >= 0.3 is 5.97 Å². The first-order valence-corrected chi connectivity index (χ1v) is 5.88. The largest absolute Gasteiger partial charge is 0.478 e. The molecule has 1 heterocycles. The Bertz CT molecular complexity index is 739. The molecule has 0 aliphatic carbocycles. The molecule has 1 amide bonds. The summed E-state index contributed by atoms with van der Waals surface area (Å²) in [6.45, 7) is 0. The third-order valence-corrected chi connectivity index (χ3v) is 2.73. The van der Waals surface area contributed by atoms with Crippen LogP contribution in [0.1, 0.15) is 20.7 Å². The van der Waals surface area contributed by atoms with E-state index < -0.39 is 17.4 Å². The summed E-state index contributed by atoms with van der Waals surface area (Å²) in [5, 5.41) is 11.7. The monoisotopic (exact) mass is 292 g/mol. The highest BCUT2D eigenvalue weighted by molar-refractivity contribution is 6.31. The molecule has 0 aliphatic rings. The summed E-state index contributed by atoms with van der Waals surface area (Å²) in [5.41, 5.74) is -0.324. The van der Waals surface area contributed by atoms with E-state index in [1.807, 2.05) is 0 Å². The lowest BCUT2D eigenvalue weighted by Crippen LogP contribution is -2.17. The van der Waals surface area contributed by atoms with Gasteiger partial charge in [0.15, 0.2) is 0 Å². The van der Waals surface area contributed by atoms with Gasteiger partial charge in [-0.15, -0.1) is 0 Å². The van der Waals surface area contributed by atoms with Crippen LogP contribution in [0.15, 0.2) is 41.3 Å². The number of amides is 1. The Balaban J connectivity index is 2.33. The molecule has 6 nitrogen and oxygen atoms in total. The maximum atomic E-state index is 11.9. The molecule has 7 heteroatoms. The molecule has 0 aliphatic heterocycles. The fourth-order valence-electron chi connectivity index (χ4n) is 1.58. The van der Waals surface area contributed by atoms with Gasteiger partial charge in [0, 0.05) is 22.8 Å².